The molecule has 2 rings (SSSR count). The quantitative estimate of drug-likeness (QED) is 0.936. The van der Waals surface area contributed by atoms with Gasteiger partial charge >= 0.3 is 0 Å². The lowest BCUT2D eigenvalue weighted by molar-refractivity contribution is 0.488. The van der Waals surface area contributed by atoms with Gasteiger partial charge in [-0.05, 0) is 58.7 Å². The van der Waals surface area contributed by atoms with Gasteiger partial charge < -0.3 is 5.32 Å². The van der Waals surface area contributed by atoms with Crippen molar-refractivity contribution < 1.29 is 0 Å². The summed E-state index contributed by atoms with van der Waals surface area (Å²) >= 11 is 0. The fourth-order valence-electron chi connectivity index (χ4n) is 3.18. The van der Waals surface area contributed by atoms with Gasteiger partial charge in [0.2, 0.25) is 0 Å². The van der Waals surface area contributed by atoms with Gasteiger partial charge in [0.05, 0.1) is 6.20 Å². The maximum absolute atomic E-state index is 4.60. The zero-order valence-electron chi connectivity index (χ0n) is 14.2. The predicted molar refractivity (Wildman–Crippen MR) is 86.4 cm³/mol. The van der Waals surface area contributed by atoms with Crippen LogP contribution in [-0.2, 0) is 7.05 Å². The highest BCUT2D eigenvalue weighted by molar-refractivity contribution is 5.34. The Morgan fingerprint density at radius 2 is 1.76 bits per heavy atom. The van der Waals surface area contributed by atoms with E-state index >= 15 is 0 Å². The Morgan fingerprint density at radius 3 is 2.29 bits per heavy atom. The lowest BCUT2D eigenvalue weighted by Crippen LogP contribution is -2.24. The second-order valence-corrected chi connectivity index (χ2v) is 6.00. The molecule has 0 radical (unpaired) electrons. The molecule has 0 aliphatic heterocycles. The van der Waals surface area contributed by atoms with E-state index in [1.807, 2.05) is 24.9 Å². The van der Waals surface area contributed by atoms with Gasteiger partial charge in [0.15, 0.2) is 0 Å². The van der Waals surface area contributed by atoms with Crippen molar-refractivity contribution in [2.45, 2.75) is 53.6 Å². The molecule has 0 saturated heterocycles. The van der Waals surface area contributed by atoms with Gasteiger partial charge in [0.25, 0.3) is 0 Å². The van der Waals surface area contributed by atoms with Gasteiger partial charge in [0, 0.05) is 41.8 Å². The standard InChI is InChI=1S/C17H26N4/c1-10-8-11(2)19-13(4)17(10)14(5)20-12(3)16-9-18-21(7)15(16)6/h8-9,12,14,20H,1-7H3. The summed E-state index contributed by atoms with van der Waals surface area (Å²) in [5.41, 5.74) is 7.25. The van der Waals surface area contributed by atoms with E-state index in [1.54, 1.807) is 0 Å². The smallest absolute Gasteiger partial charge is 0.0540 e. The van der Waals surface area contributed by atoms with E-state index in [9.17, 15) is 0 Å². The Kier molecular flexibility index (Phi) is 4.47. The fraction of sp³-hybridized carbons (Fsp3) is 0.529. The molecule has 0 aliphatic carbocycles. The Balaban J connectivity index is 2.22. The highest BCUT2D eigenvalue weighted by Gasteiger charge is 2.18. The van der Waals surface area contributed by atoms with Crippen molar-refractivity contribution in [1.82, 2.24) is 20.1 Å². The predicted octanol–water partition coefficient (Wildman–Crippen LogP) is 3.46. The number of aryl methyl sites for hydroxylation is 4. The highest BCUT2D eigenvalue weighted by atomic mass is 15.3. The average Bonchev–Trinajstić information content (AvgIpc) is 2.68. The first kappa shape index (κ1) is 15.7. The minimum atomic E-state index is 0.257. The van der Waals surface area contributed by atoms with Crippen LogP contribution in [0.25, 0.3) is 0 Å². The number of hydrogen-bond donors (Lipinski definition) is 1. The van der Waals surface area contributed by atoms with Gasteiger partial charge in [-0.1, -0.05) is 0 Å². The summed E-state index contributed by atoms with van der Waals surface area (Å²) in [7, 11) is 1.98. The normalized spacial score (nSPS) is 14.2. The lowest BCUT2D eigenvalue weighted by Gasteiger charge is -2.23. The third-order valence-electron chi connectivity index (χ3n) is 4.26. The molecule has 2 atom stereocenters. The molecule has 2 unspecified atom stereocenters. The van der Waals surface area contributed by atoms with Crippen molar-refractivity contribution in [2.24, 2.45) is 7.05 Å². The van der Waals surface area contributed by atoms with Crippen molar-refractivity contribution in [1.29, 1.82) is 0 Å². The second-order valence-electron chi connectivity index (χ2n) is 6.00. The Hall–Kier alpha value is -1.68. The van der Waals surface area contributed by atoms with Crippen LogP contribution in [0, 0.1) is 27.7 Å². The van der Waals surface area contributed by atoms with E-state index in [0.29, 0.717) is 0 Å². The van der Waals surface area contributed by atoms with Crippen LogP contribution in [0.5, 0.6) is 0 Å². The van der Waals surface area contributed by atoms with Crippen molar-refractivity contribution in [3.05, 3.63) is 46.0 Å². The maximum Gasteiger partial charge on any atom is 0.0540 e. The average molecular weight is 286 g/mol. The molecule has 114 valence electrons. The van der Waals surface area contributed by atoms with Crippen LogP contribution in [0.2, 0.25) is 0 Å². The summed E-state index contributed by atoms with van der Waals surface area (Å²) < 4.78 is 1.92. The van der Waals surface area contributed by atoms with Gasteiger partial charge in [-0.25, -0.2) is 0 Å². The van der Waals surface area contributed by atoms with Crippen molar-refractivity contribution in [3.8, 4) is 0 Å². The Bertz CT molecular complexity index is 619. The molecule has 2 aromatic rings. The molecular weight excluding hydrogens is 260 g/mol. The number of aromatic nitrogens is 3. The first-order valence-corrected chi connectivity index (χ1v) is 7.50. The molecule has 0 saturated carbocycles. The first-order chi connectivity index (χ1) is 9.81. The lowest BCUT2D eigenvalue weighted by atomic mass is 9.99. The largest absolute Gasteiger partial charge is 0.303 e. The topological polar surface area (TPSA) is 42.7 Å². The summed E-state index contributed by atoms with van der Waals surface area (Å²) in [5.74, 6) is 0. The third kappa shape index (κ3) is 3.16. The van der Waals surface area contributed by atoms with Crippen LogP contribution >= 0.6 is 0 Å². The minimum absolute atomic E-state index is 0.257. The highest BCUT2D eigenvalue weighted by Crippen LogP contribution is 2.25. The van der Waals surface area contributed by atoms with Crippen LogP contribution in [0.15, 0.2) is 12.3 Å². The molecule has 4 heteroatoms. The summed E-state index contributed by atoms with van der Waals surface area (Å²) in [6.07, 6.45) is 1.95. The van der Waals surface area contributed by atoms with Crippen LogP contribution in [0.1, 0.15) is 59.7 Å². The second kappa shape index (κ2) is 5.98. The van der Waals surface area contributed by atoms with Crippen molar-refractivity contribution in [2.75, 3.05) is 0 Å². The summed E-state index contributed by atoms with van der Waals surface area (Å²) in [5, 5.41) is 8.00. The maximum atomic E-state index is 4.60. The number of nitrogens with zero attached hydrogens (tertiary/aromatic N) is 3. The van der Waals surface area contributed by atoms with Crippen LogP contribution < -0.4 is 5.32 Å². The molecule has 2 heterocycles. The summed E-state index contributed by atoms with van der Waals surface area (Å²) in [4.78, 5) is 4.60. The van der Waals surface area contributed by atoms with E-state index in [0.717, 1.165) is 11.4 Å². The van der Waals surface area contributed by atoms with Crippen LogP contribution in [0.3, 0.4) is 0 Å². The Morgan fingerprint density at radius 1 is 1.10 bits per heavy atom. The molecular formula is C17H26N4. The van der Waals surface area contributed by atoms with E-state index in [4.69, 9.17) is 0 Å². The molecule has 4 nitrogen and oxygen atoms in total. The molecule has 0 aliphatic rings. The third-order valence-corrected chi connectivity index (χ3v) is 4.26. The SMILES string of the molecule is Cc1cc(C)c(C(C)NC(C)c2cnn(C)c2C)c(C)n1. The Labute approximate surface area is 127 Å². The van der Waals surface area contributed by atoms with Gasteiger partial charge in [-0.2, -0.15) is 5.10 Å². The number of pyridine rings is 1. The van der Waals surface area contributed by atoms with Crippen molar-refractivity contribution >= 4 is 0 Å². The zero-order chi connectivity index (χ0) is 15.7. The first-order valence-electron chi connectivity index (χ1n) is 7.50. The van der Waals surface area contributed by atoms with Crippen molar-refractivity contribution in [3.63, 3.8) is 0 Å². The molecule has 21 heavy (non-hydrogen) atoms. The monoisotopic (exact) mass is 286 g/mol. The summed E-state index contributed by atoms with van der Waals surface area (Å²) in [6, 6.07) is 2.67. The van der Waals surface area contributed by atoms with E-state index in [1.165, 1.54) is 22.4 Å². The van der Waals surface area contributed by atoms with E-state index in [-0.39, 0.29) is 12.1 Å². The number of hydrogen-bond acceptors (Lipinski definition) is 3. The van der Waals surface area contributed by atoms with Gasteiger partial charge in [0.1, 0.15) is 0 Å². The zero-order valence-corrected chi connectivity index (χ0v) is 14.2. The van der Waals surface area contributed by atoms with Gasteiger partial charge in [-0.15, -0.1) is 0 Å². The molecule has 0 bridgehead atoms. The fourth-order valence-corrected chi connectivity index (χ4v) is 3.18. The molecule has 2 aromatic heterocycles. The van der Waals surface area contributed by atoms with Gasteiger partial charge in [-0.3, -0.25) is 9.67 Å². The summed E-state index contributed by atoms with van der Waals surface area (Å²) in [6.45, 7) is 12.8. The molecule has 0 aromatic carbocycles. The molecule has 1 N–H and O–H groups in total. The van der Waals surface area contributed by atoms with Crippen LogP contribution in [-0.4, -0.2) is 14.8 Å². The van der Waals surface area contributed by atoms with Crippen LogP contribution in [0.4, 0.5) is 0 Å². The minimum Gasteiger partial charge on any atom is -0.303 e. The molecule has 0 fully saturated rings. The van der Waals surface area contributed by atoms with E-state index in [2.05, 4.69) is 56.1 Å². The molecule has 0 spiro atoms. The number of rotatable bonds is 4. The van der Waals surface area contributed by atoms with E-state index < -0.39 is 0 Å². The number of nitrogens with one attached hydrogen (secondary N) is 1. The molecule has 0 amide bonds.